The summed E-state index contributed by atoms with van der Waals surface area (Å²) in [6.07, 6.45) is 8.23. The van der Waals surface area contributed by atoms with Gasteiger partial charge in [-0.15, -0.1) is 0 Å². The highest BCUT2D eigenvalue weighted by atomic mass is 79.9. The first-order valence-corrected chi connectivity index (χ1v) is 11.5. The number of aromatic nitrogens is 2. The van der Waals surface area contributed by atoms with E-state index in [4.69, 9.17) is 0 Å². The predicted octanol–water partition coefficient (Wildman–Crippen LogP) is 2.68. The first-order chi connectivity index (χ1) is 11.8. The summed E-state index contributed by atoms with van der Waals surface area (Å²) in [4.78, 5) is 8.97. The van der Waals surface area contributed by atoms with Gasteiger partial charge in [-0.2, -0.15) is 4.98 Å². The van der Waals surface area contributed by atoms with Gasteiger partial charge in [-0.25, -0.2) is 17.7 Å². The molecule has 3 rings (SSSR count). The lowest BCUT2D eigenvalue weighted by molar-refractivity contribution is 0.331. The Morgan fingerprint density at radius 3 is 2.52 bits per heavy atom. The summed E-state index contributed by atoms with van der Waals surface area (Å²) in [5.74, 6) is 2.07. The minimum absolute atomic E-state index is 0.192. The fraction of sp³-hybridized carbons (Fsp3) is 0.750. The van der Waals surface area contributed by atoms with Gasteiger partial charge in [0.25, 0.3) is 0 Å². The third-order valence-electron chi connectivity index (χ3n) is 5.18. The van der Waals surface area contributed by atoms with Gasteiger partial charge in [0.15, 0.2) is 0 Å². The molecule has 0 bridgehead atoms. The van der Waals surface area contributed by atoms with Crippen LogP contribution < -0.4 is 10.6 Å². The Morgan fingerprint density at radius 2 is 1.92 bits per heavy atom. The molecule has 1 saturated heterocycles. The highest BCUT2D eigenvalue weighted by molar-refractivity contribution is 9.10. The minimum Gasteiger partial charge on any atom is -0.366 e. The summed E-state index contributed by atoms with van der Waals surface area (Å²) in [5.41, 5.74) is 0. The second-order valence-corrected chi connectivity index (χ2v) is 9.97. The van der Waals surface area contributed by atoms with Crippen molar-refractivity contribution in [2.24, 2.45) is 5.92 Å². The molecule has 1 aliphatic carbocycles. The number of hydrogen-bond acceptors (Lipinski definition) is 6. The van der Waals surface area contributed by atoms with Crippen molar-refractivity contribution < 1.29 is 8.42 Å². The van der Waals surface area contributed by atoms with E-state index < -0.39 is 10.0 Å². The number of piperidine rings is 1. The molecule has 1 aliphatic heterocycles. The molecule has 2 atom stereocenters. The van der Waals surface area contributed by atoms with Gasteiger partial charge >= 0.3 is 0 Å². The van der Waals surface area contributed by atoms with Crippen LogP contribution in [0, 0.1) is 5.92 Å². The summed E-state index contributed by atoms with van der Waals surface area (Å²) in [6.45, 7) is 3.35. The molecule has 2 heterocycles. The Morgan fingerprint density at radius 1 is 1.20 bits per heavy atom. The quantitative estimate of drug-likeness (QED) is 0.744. The Balaban J connectivity index is 1.61. The lowest BCUT2D eigenvalue weighted by Crippen LogP contribution is -2.42. The normalized spacial score (nSPS) is 25.9. The molecule has 1 saturated carbocycles. The number of anilines is 2. The van der Waals surface area contributed by atoms with E-state index in [0.717, 1.165) is 23.1 Å². The van der Waals surface area contributed by atoms with Gasteiger partial charge in [0, 0.05) is 31.4 Å². The smallest absolute Gasteiger partial charge is 0.224 e. The van der Waals surface area contributed by atoms with E-state index in [1.165, 1.54) is 29.8 Å². The average molecular weight is 432 g/mol. The highest BCUT2D eigenvalue weighted by Crippen LogP contribution is 2.30. The fourth-order valence-electron chi connectivity index (χ4n) is 3.59. The molecule has 1 aromatic rings. The van der Waals surface area contributed by atoms with Crippen molar-refractivity contribution in [1.29, 1.82) is 0 Å². The van der Waals surface area contributed by atoms with Crippen LogP contribution in [0.1, 0.15) is 39.0 Å². The molecule has 0 radical (unpaired) electrons. The van der Waals surface area contributed by atoms with Crippen molar-refractivity contribution in [2.45, 2.75) is 51.1 Å². The summed E-state index contributed by atoms with van der Waals surface area (Å²) in [5, 5.41) is 6.89. The van der Waals surface area contributed by atoms with Crippen LogP contribution in [0.2, 0.25) is 0 Å². The van der Waals surface area contributed by atoms with E-state index in [0.29, 0.717) is 31.0 Å². The van der Waals surface area contributed by atoms with Crippen molar-refractivity contribution in [2.75, 3.05) is 30.0 Å². The average Bonchev–Trinajstić information content (AvgIpc) is 2.95. The standard InChI is InChI=1S/C16H26BrN5O2S/c1-11-4-3-5-14(11)20-15-13(17)10-18-16(21-15)19-12-6-8-22(9-7-12)25(2,23)24/h10-12,14H,3-9H2,1-2H3,(H2,18,19,20,21). The third-order valence-corrected chi connectivity index (χ3v) is 7.07. The van der Waals surface area contributed by atoms with Gasteiger partial charge < -0.3 is 10.6 Å². The molecule has 25 heavy (non-hydrogen) atoms. The minimum atomic E-state index is -3.10. The van der Waals surface area contributed by atoms with Crippen LogP contribution >= 0.6 is 15.9 Å². The Bertz CT molecular complexity index is 706. The first-order valence-electron chi connectivity index (χ1n) is 8.83. The summed E-state index contributed by atoms with van der Waals surface area (Å²) >= 11 is 3.52. The van der Waals surface area contributed by atoms with E-state index in [1.54, 1.807) is 6.20 Å². The zero-order valence-corrected chi connectivity index (χ0v) is 17.1. The molecule has 2 unspecified atom stereocenters. The Kier molecular flexibility index (Phi) is 5.85. The van der Waals surface area contributed by atoms with Crippen LogP contribution in [0.5, 0.6) is 0 Å². The van der Waals surface area contributed by atoms with E-state index in [9.17, 15) is 8.42 Å². The van der Waals surface area contributed by atoms with Gasteiger partial charge in [-0.05, 0) is 47.5 Å². The lowest BCUT2D eigenvalue weighted by Gasteiger charge is -2.30. The van der Waals surface area contributed by atoms with Crippen LogP contribution in [0.25, 0.3) is 0 Å². The number of hydrogen-bond donors (Lipinski definition) is 2. The van der Waals surface area contributed by atoms with Crippen molar-refractivity contribution in [3.63, 3.8) is 0 Å². The molecule has 9 heteroatoms. The van der Waals surface area contributed by atoms with Crippen LogP contribution in [0.3, 0.4) is 0 Å². The number of nitrogens with zero attached hydrogens (tertiary/aromatic N) is 3. The first kappa shape index (κ1) is 18.8. The number of sulfonamides is 1. The maximum Gasteiger partial charge on any atom is 0.224 e. The second-order valence-electron chi connectivity index (χ2n) is 7.13. The molecule has 0 amide bonds. The maximum absolute atomic E-state index is 11.6. The maximum atomic E-state index is 11.6. The van der Waals surface area contributed by atoms with E-state index in [2.05, 4.69) is 43.5 Å². The molecule has 7 nitrogen and oxygen atoms in total. The molecule has 2 aliphatic rings. The van der Waals surface area contributed by atoms with Gasteiger partial charge in [-0.3, -0.25) is 0 Å². The number of nitrogens with one attached hydrogen (secondary N) is 2. The zero-order chi connectivity index (χ0) is 18.0. The molecule has 2 fully saturated rings. The Hall–Kier alpha value is -0.930. The molecule has 0 spiro atoms. The second kappa shape index (κ2) is 7.75. The summed E-state index contributed by atoms with van der Waals surface area (Å²) in [7, 11) is -3.10. The number of halogens is 1. The largest absolute Gasteiger partial charge is 0.366 e. The van der Waals surface area contributed by atoms with Crippen LogP contribution in [-0.4, -0.2) is 54.1 Å². The Labute approximate surface area is 158 Å². The van der Waals surface area contributed by atoms with E-state index >= 15 is 0 Å². The SMILES string of the molecule is CC1CCCC1Nc1nc(NC2CCN(S(C)(=O)=O)CC2)ncc1Br. The fourth-order valence-corrected chi connectivity index (χ4v) is 4.77. The number of rotatable bonds is 5. The third kappa shape index (κ3) is 4.83. The van der Waals surface area contributed by atoms with Gasteiger partial charge in [0.05, 0.1) is 10.7 Å². The predicted molar refractivity (Wildman–Crippen MR) is 103 cm³/mol. The topological polar surface area (TPSA) is 87.2 Å². The van der Waals surface area contributed by atoms with E-state index in [1.807, 2.05) is 0 Å². The van der Waals surface area contributed by atoms with Crippen molar-refractivity contribution in [1.82, 2.24) is 14.3 Å². The van der Waals surface area contributed by atoms with Crippen LogP contribution in [-0.2, 0) is 10.0 Å². The van der Waals surface area contributed by atoms with Crippen molar-refractivity contribution >= 4 is 37.7 Å². The highest BCUT2D eigenvalue weighted by Gasteiger charge is 2.26. The van der Waals surface area contributed by atoms with Gasteiger partial charge in [-0.1, -0.05) is 13.3 Å². The van der Waals surface area contributed by atoms with Gasteiger partial charge in [0.1, 0.15) is 5.82 Å². The molecular formula is C16H26BrN5O2S. The molecule has 140 valence electrons. The summed E-state index contributed by atoms with van der Waals surface area (Å²) in [6, 6.07) is 0.648. The van der Waals surface area contributed by atoms with Crippen LogP contribution in [0.15, 0.2) is 10.7 Å². The lowest BCUT2D eigenvalue weighted by atomic mass is 10.1. The van der Waals surface area contributed by atoms with Crippen LogP contribution in [0.4, 0.5) is 11.8 Å². The molecular weight excluding hydrogens is 406 g/mol. The van der Waals surface area contributed by atoms with E-state index in [-0.39, 0.29) is 6.04 Å². The molecule has 2 N–H and O–H groups in total. The summed E-state index contributed by atoms with van der Waals surface area (Å²) < 4.78 is 25.6. The zero-order valence-electron chi connectivity index (χ0n) is 14.7. The van der Waals surface area contributed by atoms with Gasteiger partial charge in [0.2, 0.25) is 16.0 Å². The monoisotopic (exact) mass is 431 g/mol. The molecule has 1 aromatic heterocycles. The van der Waals surface area contributed by atoms with Crippen molar-refractivity contribution in [3.8, 4) is 0 Å². The molecule has 0 aromatic carbocycles. The van der Waals surface area contributed by atoms with Crippen molar-refractivity contribution in [3.05, 3.63) is 10.7 Å².